The zero-order chi connectivity index (χ0) is 12.3. The molecule has 0 aliphatic heterocycles. The third-order valence-electron chi connectivity index (χ3n) is 2.66. The lowest BCUT2D eigenvalue weighted by Gasteiger charge is -2.07. The second kappa shape index (κ2) is 9.02. The molecule has 0 bridgehead atoms. The van der Waals surface area contributed by atoms with E-state index in [4.69, 9.17) is 15.6 Å². The highest BCUT2D eigenvalue weighted by Gasteiger charge is 1.97. The van der Waals surface area contributed by atoms with Crippen molar-refractivity contribution < 1.29 is 9.84 Å². The van der Waals surface area contributed by atoms with Gasteiger partial charge in [0, 0.05) is 13.2 Å². The van der Waals surface area contributed by atoms with Crippen molar-refractivity contribution in [3.05, 3.63) is 29.8 Å². The third kappa shape index (κ3) is 6.29. The van der Waals surface area contributed by atoms with Crippen LogP contribution in [0.15, 0.2) is 24.3 Å². The lowest BCUT2D eigenvalue weighted by Crippen LogP contribution is -2.10. The van der Waals surface area contributed by atoms with Crippen LogP contribution in [0.3, 0.4) is 0 Å². The monoisotopic (exact) mass is 237 g/mol. The summed E-state index contributed by atoms with van der Waals surface area (Å²) in [4.78, 5) is 0. The van der Waals surface area contributed by atoms with Crippen LogP contribution >= 0.6 is 0 Å². The number of nitrogens with two attached hydrogens (primary N) is 1. The Morgan fingerprint density at radius 2 is 1.94 bits per heavy atom. The van der Waals surface area contributed by atoms with Crippen LogP contribution in [0.5, 0.6) is 5.75 Å². The third-order valence-corrected chi connectivity index (χ3v) is 2.66. The molecule has 1 aromatic carbocycles. The van der Waals surface area contributed by atoms with Crippen LogP contribution in [0.2, 0.25) is 0 Å². The predicted octanol–water partition coefficient (Wildman–Crippen LogP) is 2.12. The zero-order valence-corrected chi connectivity index (χ0v) is 10.4. The Morgan fingerprint density at radius 3 is 2.71 bits per heavy atom. The van der Waals surface area contributed by atoms with E-state index >= 15 is 0 Å². The Labute approximate surface area is 104 Å². The van der Waals surface area contributed by atoms with Crippen LogP contribution in [0.1, 0.15) is 31.2 Å². The van der Waals surface area contributed by atoms with E-state index in [1.807, 2.05) is 12.1 Å². The molecular formula is C14H23NO2. The minimum Gasteiger partial charge on any atom is -0.492 e. The van der Waals surface area contributed by atoms with E-state index in [0.29, 0.717) is 19.8 Å². The van der Waals surface area contributed by atoms with Gasteiger partial charge in [0.05, 0.1) is 0 Å². The van der Waals surface area contributed by atoms with Gasteiger partial charge < -0.3 is 15.6 Å². The number of benzene rings is 1. The molecule has 17 heavy (non-hydrogen) atoms. The second-order valence-electron chi connectivity index (χ2n) is 4.17. The van der Waals surface area contributed by atoms with Crippen molar-refractivity contribution in [2.45, 2.75) is 32.1 Å². The highest BCUT2D eigenvalue weighted by molar-refractivity contribution is 5.28. The van der Waals surface area contributed by atoms with Crippen LogP contribution in [0, 0.1) is 0 Å². The Kier molecular flexibility index (Phi) is 7.43. The molecule has 0 aliphatic rings. The van der Waals surface area contributed by atoms with Crippen LogP contribution in [0.25, 0.3) is 0 Å². The van der Waals surface area contributed by atoms with Crippen LogP contribution in [-0.2, 0) is 6.42 Å². The van der Waals surface area contributed by atoms with Gasteiger partial charge in [0.25, 0.3) is 0 Å². The molecule has 1 aromatic rings. The van der Waals surface area contributed by atoms with E-state index in [-0.39, 0.29) is 0 Å². The molecule has 96 valence electrons. The lowest BCUT2D eigenvalue weighted by molar-refractivity contribution is 0.282. The second-order valence-corrected chi connectivity index (χ2v) is 4.17. The summed E-state index contributed by atoms with van der Waals surface area (Å²) in [6.45, 7) is 1.42. The number of rotatable bonds is 9. The van der Waals surface area contributed by atoms with E-state index in [9.17, 15) is 0 Å². The number of aliphatic hydroxyl groups is 1. The van der Waals surface area contributed by atoms with Gasteiger partial charge in [-0.2, -0.15) is 0 Å². The standard InChI is InChI=1S/C14H23NO2/c15-9-11-17-14-8-5-7-13(12-14)6-3-1-2-4-10-16/h5,7-8,12,16H,1-4,6,9-11,15H2. The average Bonchev–Trinajstić information content (AvgIpc) is 2.37. The molecule has 0 radical (unpaired) electrons. The number of aliphatic hydroxyl groups excluding tert-OH is 1. The van der Waals surface area contributed by atoms with Gasteiger partial charge in [-0.1, -0.05) is 25.0 Å². The summed E-state index contributed by atoms with van der Waals surface area (Å²) in [5.74, 6) is 0.906. The fourth-order valence-corrected chi connectivity index (χ4v) is 1.76. The number of unbranched alkanes of at least 4 members (excludes halogenated alkanes) is 3. The van der Waals surface area contributed by atoms with Crippen LogP contribution < -0.4 is 10.5 Å². The SMILES string of the molecule is NCCOc1cccc(CCCCCCO)c1. The van der Waals surface area contributed by atoms with Gasteiger partial charge in [-0.05, 0) is 37.0 Å². The smallest absolute Gasteiger partial charge is 0.119 e. The highest BCUT2D eigenvalue weighted by Crippen LogP contribution is 2.15. The van der Waals surface area contributed by atoms with Crippen molar-refractivity contribution in [3.8, 4) is 5.75 Å². The molecule has 3 heteroatoms. The largest absolute Gasteiger partial charge is 0.492 e. The van der Waals surface area contributed by atoms with E-state index in [2.05, 4.69) is 12.1 Å². The van der Waals surface area contributed by atoms with Crippen molar-refractivity contribution in [2.75, 3.05) is 19.8 Å². The molecule has 0 atom stereocenters. The van der Waals surface area contributed by atoms with Gasteiger partial charge in [0.1, 0.15) is 12.4 Å². The van der Waals surface area contributed by atoms with Gasteiger partial charge in [0.15, 0.2) is 0 Å². The number of hydrogen-bond acceptors (Lipinski definition) is 3. The molecule has 1 rings (SSSR count). The molecule has 0 heterocycles. The Balaban J connectivity index is 2.27. The first-order valence-corrected chi connectivity index (χ1v) is 6.39. The lowest BCUT2D eigenvalue weighted by atomic mass is 10.1. The molecule has 0 saturated carbocycles. The first kappa shape index (κ1) is 14.0. The first-order chi connectivity index (χ1) is 8.36. The fourth-order valence-electron chi connectivity index (χ4n) is 1.76. The normalized spacial score (nSPS) is 10.5. The van der Waals surface area contributed by atoms with Crippen molar-refractivity contribution in [1.29, 1.82) is 0 Å². The molecule has 0 aliphatic carbocycles. The average molecular weight is 237 g/mol. The molecule has 3 N–H and O–H groups in total. The van der Waals surface area contributed by atoms with Gasteiger partial charge in [0.2, 0.25) is 0 Å². The van der Waals surface area contributed by atoms with E-state index in [0.717, 1.165) is 25.0 Å². The van der Waals surface area contributed by atoms with Gasteiger partial charge in [-0.25, -0.2) is 0 Å². The molecular weight excluding hydrogens is 214 g/mol. The van der Waals surface area contributed by atoms with Gasteiger partial charge >= 0.3 is 0 Å². The molecule has 0 saturated heterocycles. The summed E-state index contributed by atoms with van der Waals surface area (Å²) in [5, 5.41) is 8.67. The maximum absolute atomic E-state index is 8.67. The van der Waals surface area contributed by atoms with E-state index in [1.54, 1.807) is 0 Å². The summed E-state index contributed by atoms with van der Waals surface area (Å²) in [5.41, 5.74) is 6.70. The molecule has 0 amide bonds. The number of hydrogen-bond donors (Lipinski definition) is 2. The Morgan fingerprint density at radius 1 is 1.12 bits per heavy atom. The number of ether oxygens (including phenoxy) is 1. The van der Waals surface area contributed by atoms with Crippen molar-refractivity contribution >= 4 is 0 Å². The molecule has 0 fully saturated rings. The minimum atomic E-state index is 0.308. The van der Waals surface area contributed by atoms with Crippen molar-refractivity contribution in [3.63, 3.8) is 0 Å². The molecule has 0 spiro atoms. The maximum Gasteiger partial charge on any atom is 0.119 e. The maximum atomic E-state index is 8.67. The van der Waals surface area contributed by atoms with Gasteiger partial charge in [-0.3, -0.25) is 0 Å². The molecule has 0 aromatic heterocycles. The quantitative estimate of drug-likeness (QED) is 0.647. The summed E-state index contributed by atoms with van der Waals surface area (Å²) in [6, 6.07) is 8.20. The minimum absolute atomic E-state index is 0.308. The topological polar surface area (TPSA) is 55.5 Å². The molecule has 3 nitrogen and oxygen atoms in total. The predicted molar refractivity (Wildman–Crippen MR) is 70.2 cm³/mol. The fraction of sp³-hybridized carbons (Fsp3) is 0.571. The van der Waals surface area contributed by atoms with Crippen molar-refractivity contribution in [2.24, 2.45) is 5.73 Å². The highest BCUT2D eigenvalue weighted by atomic mass is 16.5. The molecule has 0 unspecified atom stereocenters. The van der Waals surface area contributed by atoms with E-state index < -0.39 is 0 Å². The summed E-state index contributed by atoms with van der Waals surface area (Å²) in [6.07, 6.45) is 5.44. The summed E-state index contributed by atoms with van der Waals surface area (Å²) < 4.78 is 5.48. The first-order valence-electron chi connectivity index (χ1n) is 6.39. The Bertz CT molecular complexity index is 302. The zero-order valence-electron chi connectivity index (χ0n) is 10.4. The van der Waals surface area contributed by atoms with E-state index in [1.165, 1.54) is 18.4 Å². The van der Waals surface area contributed by atoms with Crippen LogP contribution in [0.4, 0.5) is 0 Å². The van der Waals surface area contributed by atoms with Crippen molar-refractivity contribution in [1.82, 2.24) is 0 Å². The number of aryl methyl sites for hydroxylation is 1. The Hall–Kier alpha value is -1.06. The summed E-state index contributed by atoms with van der Waals surface area (Å²) >= 11 is 0. The van der Waals surface area contributed by atoms with Gasteiger partial charge in [-0.15, -0.1) is 0 Å². The van der Waals surface area contributed by atoms with Crippen LogP contribution in [-0.4, -0.2) is 24.9 Å². The summed E-state index contributed by atoms with van der Waals surface area (Å²) in [7, 11) is 0.